The molecule has 1 N–H and O–H groups in total. The van der Waals surface area contributed by atoms with Crippen LogP contribution in [0.15, 0.2) is 18.2 Å². The van der Waals surface area contributed by atoms with Crippen molar-refractivity contribution in [3.05, 3.63) is 33.9 Å². The van der Waals surface area contributed by atoms with Crippen molar-refractivity contribution in [3.63, 3.8) is 0 Å². The largest absolute Gasteiger partial charge is 0.495 e. The summed E-state index contributed by atoms with van der Waals surface area (Å²) >= 11 is 0. The zero-order valence-corrected chi connectivity index (χ0v) is 16.1. The first kappa shape index (κ1) is 21.3. The molecule has 2 rings (SSSR count). The smallest absolute Gasteiger partial charge is 0.307 e. The third kappa shape index (κ3) is 5.51. The Morgan fingerprint density at radius 2 is 2.07 bits per heavy atom. The molecule has 28 heavy (non-hydrogen) atoms. The Morgan fingerprint density at radius 3 is 2.71 bits per heavy atom. The Morgan fingerprint density at radius 1 is 1.36 bits per heavy atom. The lowest BCUT2D eigenvalue weighted by atomic mass is 9.88. The van der Waals surface area contributed by atoms with Crippen LogP contribution in [0.3, 0.4) is 0 Å². The van der Waals surface area contributed by atoms with E-state index in [1.165, 1.54) is 7.11 Å². The predicted octanol–water partition coefficient (Wildman–Crippen LogP) is 1.99. The quantitative estimate of drug-likeness (QED) is 0.407. The van der Waals surface area contributed by atoms with Gasteiger partial charge in [0, 0.05) is 23.2 Å². The van der Waals surface area contributed by atoms with Gasteiger partial charge in [-0.2, -0.15) is 0 Å². The molecular weight excluding hydrogens is 368 g/mol. The van der Waals surface area contributed by atoms with Crippen LogP contribution in [-0.4, -0.2) is 42.8 Å². The van der Waals surface area contributed by atoms with Crippen molar-refractivity contribution in [2.24, 2.45) is 17.8 Å². The predicted molar refractivity (Wildman–Crippen MR) is 99.6 cm³/mol. The molecule has 0 bridgehead atoms. The van der Waals surface area contributed by atoms with E-state index in [-0.39, 0.29) is 31.1 Å². The van der Waals surface area contributed by atoms with Crippen molar-refractivity contribution < 1.29 is 28.8 Å². The van der Waals surface area contributed by atoms with E-state index in [4.69, 9.17) is 9.47 Å². The van der Waals surface area contributed by atoms with Gasteiger partial charge in [0.25, 0.3) is 5.91 Å². The van der Waals surface area contributed by atoms with Crippen molar-refractivity contribution >= 4 is 23.3 Å². The molecule has 1 fully saturated rings. The van der Waals surface area contributed by atoms with Crippen molar-refractivity contribution in [1.82, 2.24) is 0 Å². The lowest BCUT2D eigenvalue weighted by Crippen LogP contribution is -2.28. The first-order valence-corrected chi connectivity index (χ1v) is 8.96. The molecule has 0 aliphatic heterocycles. The molecule has 0 heterocycles. The number of amides is 1. The van der Waals surface area contributed by atoms with Gasteiger partial charge in [0.05, 0.1) is 19.2 Å². The number of Topliss-reactive ketones (excluding diaryl/α,β-unsaturated/α-hetero) is 1. The summed E-state index contributed by atoms with van der Waals surface area (Å²) in [4.78, 5) is 46.5. The van der Waals surface area contributed by atoms with Gasteiger partial charge < -0.3 is 14.8 Å². The van der Waals surface area contributed by atoms with Crippen LogP contribution in [0.1, 0.15) is 25.3 Å². The van der Waals surface area contributed by atoms with E-state index in [0.29, 0.717) is 11.4 Å². The second-order valence-electron chi connectivity index (χ2n) is 7.05. The molecule has 1 aromatic carbocycles. The van der Waals surface area contributed by atoms with E-state index in [9.17, 15) is 24.5 Å². The number of rotatable bonds is 8. The number of hydrogen-bond donors (Lipinski definition) is 1. The van der Waals surface area contributed by atoms with E-state index in [2.05, 4.69) is 5.32 Å². The molecule has 0 saturated heterocycles. The molecule has 0 aromatic heterocycles. The summed E-state index contributed by atoms with van der Waals surface area (Å²) in [5.41, 5.74) is 1.37. The van der Waals surface area contributed by atoms with Crippen molar-refractivity contribution in [1.29, 1.82) is 0 Å². The van der Waals surface area contributed by atoms with Gasteiger partial charge in [0.1, 0.15) is 11.5 Å². The van der Waals surface area contributed by atoms with Crippen molar-refractivity contribution in [2.45, 2.75) is 26.7 Å². The highest BCUT2D eigenvalue weighted by molar-refractivity contribution is 5.94. The first-order chi connectivity index (χ1) is 13.2. The molecule has 1 aromatic rings. The summed E-state index contributed by atoms with van der Waals surface area (Å²) in [6.07, 6.45) is -0.0488. The molecule has 0 radical (unpaired) electrons. The maximum Gasteiger partial charge on any atom is 0.307 e. The Bertz CT molecular complexity index is 778. The summed E-state index contributed by atoms with van der Waals surface area (Å²) in [7, 11) is 1.47. The fourth-order valence-corrected chi connectivity index (χ4v) is 3.49. The fraction of sp³-hybridized carbons (Fsp3) is 0.526. The number of hydrogen-bond acceptors (Lipinski definition) is 7. The molecule has 0 unspecified atom stereocenters. The van der Waals surface area contributed by atoms with E-state index in [1.807, 2.05) is 13.0 Å². The number of benzene rings is 1. The average Bonchev–Trinajstić information content (AvgIpc) is 2.86. The van der Waals surface area contributed by atoms with Crippen molar-refractivity contribution in [2.75, 3.05) is 25.6 Å². The van der Waals surface area contributed by atoms with Crippen LogP contribution in [0, 0.1) is 34.8 Å². The van der Waals surface area contributed by atoms with Gasteiger partial charge in [-0.15, -0.1) is 0 Å². The maximum atomic E-state index is 12.1. The van der Waals surface area contributed by atoms with Crippen LogP contribution < -0.4 is 10.1 Å². The Kier molecular flexibility index (Phi) is 7.08. The van der Waals surface area contributed by atoms with Crippen LogP contribution >= 0.6 is 0 Å². The summed E-state index contributed by atoms with van der Waals surface area (Å²) in [6, 6.07) is 5.26. The number of carbonyl (C=O) groups is 3. The van der Waals surface area contributed by atoms with Gasteiger partial charge in [0.15, 0.2) is 6.61 Å². The third-order valence-electron chi connectivity index (χ3n) is 4.92. The highest BCUT2D eigenvalue weighted by Gasteiger charge is 2.44. The van der Waals surface area contributed by atoms with E-state index >= 15 is 0 Å². The van der Waals surface area contributed by atoms with Gasteiger partial charge in [-0.25, -0.2) is 0 Å². The Labute approximate surface area is 162 Å². The average molecular weight is 392 g/mol. The zero-order chi connectivity index (χ0) is 20.8. The van der Waals surface area contributed by atoms with Crippen LogP contribution in [-0.2, 0) is 19.1 Å². The Balaban J connectivity index is 1.89. The lowest BCUT2D eigenvalue weighted by molar-refractivity contribution is -0.490. The summed E-state index contributed by atoms with van der Waals surface area (Å²) < 4.78 is 10.1. The topological polar surface area (TPSA) is 125 Å². The number of nitro groups is 1. The standard InChI is InChI=1S/C19H24N2O7/c1-11-4-5-17(27-3)15(6-11)20-18(23)10-28-19(24)8-13-14(9-21(25)26)12(2)7-16(13)22/h4-6,12-14H,7-10H2,1-3H3,(H,20,23)/t12-,13-,14+/m1/s1. The minimum absolute atomic E-state index is 0.159. The summed E-state index contributed by atoms with van der Waals surface area (Å²) in [5.74, 6) is -2.39. The normalized spacial score (nSPS) is 21.2. The second kappa shape index (κ2) is 9.29. The monoisotopic (exact) mass is 392 g/mol. The summed E-state index contributed by atoms with van der Waals surface area (Å²) in [5, 5.41) is 13.4. The molecular formula is C19H24N2O7. The zero-order valence-electron chi connectivity index (χ0n) is 16.1. The van der Waals surface area contributed by atoms with Crippen LogP contribution in [0.25, 0.3) is 0 Å². The number of nitrogens with one attached hydrogen (secondary N) is 1. The number of carbonyl (C=O) groups excluding carboxylic acids is 3. The molecule has 9 nitrogen and oxygen atoms in total. The maximum absolute atomic E-state index is 12.1. The number of nitrogens with zero attached hydrogens (tertiary/aromatic N) is 1. The Hall–Kier alpha value is -2.97. The highest BCUT2D eigenvalue weighted by Crippen LogP contribution is 2.36. The van der Waals surface area contributed by atoms with Gasteiger partial charge in [0.2, 0.25) is 6.54 Å². The molecule has 1 aliphatic rings. The summed E-state index contributed by atoms with van der Waals surface area (Å²) in [6.45, 7) is 2.74. The fourth-order valence-electron chi connectivity index (χ4n) is 3.49. The first-order valence-electron chi connectivity index (χ1n) is 8.96. The van der Waals surface area contributed by atoms with Gasteiger partial charge in [-0.1, -0.05) is 13.0 Å². The minimum atomic E-state index is -0.743. The molecule has 1 aliphatic carbocycles. The molecule has 1 amide bonds. The van der Waals surface area contributed by atoms with E-state index in [0.717, 1.165) is 5.56 Å². The number of ether oxygens (including phenoxy) is 2. The van der Waals surface area contributed by atoms with Gasteiger partial charge in [-0.3, -0.25) is 24.5 Å². The second-order valence-corrected chi connectivity index (χ2v) is 7.05. The van der Waals surface area contributed by atoms with Gasteiger partial charge in [-0.05, 0) is 30.5 Å². The number of ketones is 1. The number of esters is 1. The molecule has 1 saturated carbocycles. The SMILES string of the molecule is COc1ccc(C)cc1NC(=O)COC(=O)C[C@H]1C(=O)C[C@@H](C)[C@@H]1C[N+](=O)[O-]. The van der Waals surface area contributed by atoms with Crippen LogP contribution in [0.4, 0.5) is 5.69 Å². The molecule has 3 atom stereocenters. The molecule has 9 heteroatoms. The molecule has 152 valence electrons. The minimum Gasteiger partial charge on any atom is -0.495 e. The number of methoxy groups -OCH3 is 1. The van der Waals surface area contributed by atoms with E-state index in [1.54, 1.807) is 19.1 Å². The van der Waals surface area contributed by atoms with E-state index < -0.39 is 35.2 Å². The van der Waals surface area contributed by atoms with Crippen LogP contribution in [0.2, 0.25) is 0 Å². The lowest BCUT2D eigenvalue weighted by Gasteiger charge is -2.17. The third-order valence-corrected chi connectivity index (χ3v) is 4.92. The highest BCUT2D eigenvalue weighted by atomic mass is 16.6. The number of anilines is 1. The van der Waals surface area contributed by atoms with Gasteiger partial charge >= 0.3 is 5.97 Å². The molecule has 0 spiro atoms. The number of aryl methyl sites for hydroxylation is 1. The van der Waals surface area contributed by atoms with Crippen LogP contribution in [0.5, 0.6) is 5.75 Å². The van der Waals surface area contributed by atoms with Crippen molar-refractivity contribution in [3.8, 4) is 5.75 Å².